The van der Waals surface area contributed by atoms with E-state index in [1.807, 2.05) is 6.92 Å². The number of hydrogen-bond donors (Lipinski definition) is 0. The van der Waals surface area contributed by atoms with Crippen LogP contribution in [-0.4, -0.2) is 38.5 Å². The zero-order valence-corrected chi connectivity index (χ0v) is 7.41. The lowest BCUT2D eigenvalue weighted by Crippen LogP contribution is -2.21. The van der Waals surface area contributed by atoms with Gasteiger partial charge >= 0.3 is 0 Å². The molecule has 1 heterocycles. The monoisotopic (exact) mass is 174 g/mol. The zero-order chi connectivity index (χ0) is 9.03. The highest BCUT2D eigenvalue weighted by Crippen LogP contribution is 2.39. The molecule has 70 valence electrons. The van der Waals surface area contributed by atoms with Crippen LogP contribution in [0.1, 0.15) is 13.3 Å². The van der Waals surface area contributed by atoms with E-state index >= 15 is 0 Å². The predicted octanol–water partition coefficient (Wildman–Crippen LogP) is 0.353. The van der Waals surface area contributed by atoms with Gasteiger partial charge in [-0.3, -0.25) is 0 Å². The Kier molecular flexibility index (Phi) is 3.20. The Morgan fingerprint density at radius 2 is 2.25 bits per heavy atom. The molecule has 0 N–H and O–H groups in total. The molecule has 2 unspecified atom stereocenters. The van der Waals surface area contributed by atoms with Gasteiger partial charge in [0.25, 0.3) is 0 Å². The molecule has 1 fully saturated rings. The summed E-state index contributed by atoms with van der Waals surface area (Å²) >= 11 is 0. The standard InChI is InChI=1S/C8H14O4/c1-7-8(12-7,3-4-9)11-6-5-10-2/h4,7H,3,5-6H2,1-2H3. The van der Waals surface area contributed by atoms with E-state index in [-0.39, 0.29) is 6.10 Å². The molecule has 1 rings (SSSR count). The SMILES string of the molecule is COCCOC1(CC=O)OC1C. The molecule has 0 spiro atoms. The first-order chi connectivity index (χ1) is 5.75. The Balaban J connectivity index is 2.22. The van der Waals surface area contributed by atoms with Crippen molar-refractivity contribution in [3.8, 4) is 0 Å². The Labute approximate surface area is 71.8 Å². The molecule has 0 radical (unpaired) electrons. The van der Waals surface area contributed by atoms with Crippen molar-refractivity contribution < 1.29 is 19.0 Å². The maximum atomic E-state index is 10.2. The Morgan fingerprint density at radius 3 is 2.67 bits per heavy atom. The van der Waals surface area contributed by atoms with Crippen molar-refractivity contribution in [1.82, 2.24) is 0 Å². The van der Waals surface area contributed by atoms with Gasteiger partial charge in [0, 0.05) is 7.11 Å². The zero-order valence-electron chi connectivity index (χ0n) is 7.41. The van der Waals surface area contributed by atoms with Crippen LogP contribution in [0.4, 0.5) is 0 Å². The number of epoxide rings is 1. The molecule has 2 atom stereocenters. The summed E-state index contributed by atoms with van der Waals surface area (Å²) in [6.07, 6.45) is 1.15. The summed E-state index contributed by atoms with van der Waals surface area (Å²) < 4.78 is 15.3. The largest absolute Gasteiger partial charge is 0.382 e. The van der Waals surface area contributed by atoms with Crippen LogP contribution in [0.2, 0.25) is 0 Å². The molecule has 0 saturated carbocycles. The van der Waals surface area contributed by atoms with Crippen molar-refractivity contribution in [3.05, 3.63) is 0 Å². The summed E-state index contributed by atoms with van der Waals surface area (Å²) in [6.45, 7) is 2.88. The summed E-state index contributed by atoms with van der Waals surface area (Å²) in [5.41, 5.74) is 0. The van der Waals surface area contributed by atoms with Crippen LogP contribution in [0.25, 0.3) is 0 Å². The number of ether oxygens (including phenoxy) is 3. The maximum absolute atomic E-state index is 10.2. The molecule has 4 nitrogen and oxygen atoms in total. The average Bonchev–Trinajstić information content (AvgIpc) is 2.63. The Morgan fingerprint density at radius 1 is 1.58 bits per heavy atom. The first-order valence-electron chi connectivity index (χ1n) is 3.99. The fourth-order valence-electron chi connectivity index (χ4n) is 1.10. The van der Waals surface area contributed by atoms with E-state index in [0.29, 0.717) is 19.6 Å². The van der Waals surface area contributed by atoms with Crippen molar-refractivity contribution in [1.29, 1.82) is 0 Å². The first-order valence-corrected chi connectivity index (χ1v) is 3.99. The van der Waals surface area contributed by atoms with E-state index in [1.54, 1.807) is 7.11 Å². The first kappa shape index (κ1) is 9.64. The van der Waals surface area contributed by atoms with Gasteiger partial charge < -0.3 is 19.0 Å². The topological polar surface area (TPSA) is 48.1 Å². The van der Waals surface area contributed by atoms with E-state index in [4.69, 9.17) is 14.2 Å². The molecule has 0 aromatic rings. The quantitative estimate of drug-likeness (QED) is 0.331. The minimum absolute atomic E-state index is 0.0274. The second-order valence-corrected chi connectivity index (χ2v) is 2.78. The molecule has 0 aromatic carbocycles. The second kappa shape index (κ2) is 3.98. The van der Waals surface area contributed by atoms with Gasteiger partial charge in [0.05, 0.1) is 19.6 Å². The fraction of sp³-hybridized carbons (Fsp3) is 0.875. The highest BCUT2D eigenvalue weighted by molar-refractivity contribution is 5.52. The lowest BCUT2D eigenvalue weighted by molar-refractivity contribution is -0.117. The molecular weight excluding hydrogens is 160 g/mol. The molecule has 1 saturated heterocycles. The van der Waals surface area contributed by atoms with Gasteiger partial charge in [-0.2, -0.15) is 0 Å². The average molecular weight is 174 g/mol. The van der Waals surface area contributed by atoms with Gasteiger partial charge in [-0.1, -0.05) is 0 Å². The minimum atomic E-state index is -0.639. The van der Waals surface area contributed by atoms with E-state index in [9.17, 15) is 4.79 Å². The Hall–Kier alpha value is -0.450. The second-order valence-electron chi connectivity index (χ2n) is 2.78. The molecule has 0 aliphatic carbocycles. The van der Waals surface area contributed by atoms with E-state index in [2.05, 4.69) is 0 Å². The predicted molar refractivity (Wildman–Crippen MR) is 41.8 cm³/mol. The number of rotatable bonds is 6. The van der Waals surface area contributed by atoms with Crippen molar-refractivity contribution in [3.63, 3.8) is 0 Å². The van der Waals surface area contributed by atoms with Crippen molar-refractivity contribution in [2.24, 2.45) is 0 Å². The van der Waals surface area contributed by atoms with Gasteiger partial charge in [0.1, 0.15) is 12.4 Å². The lowest BCUT2D eigenvalue weighted by Gasteiger charge is -2.09. The molecule has 0 amide bonds. The highest BCUT2D eigenvalue weighted by atomic mass is 16.8. The van der Waals surface area contributed by atoms with Gasteiger partial charge in [0.2, 0.25) is 5.79 Å². The number of aldehydes is 1. The summed E-state index contributed by atoms with van der Waals surface area (Å²) in [4.78, 5) is 10.2. The Bertz CT molecular complexity index is 159. The molecule has 12 heavy (non-hydrogen) atoms. The normalized spacial score (nSPS) is 33.3. The van der Waals surface area contributed by atoms with Crippen molar-refractivity contribution >= 4 is 6.29 Å². The minimum Gasteiger partial charge on any atom is -0.382 e. The number of carbonyl (C=O) groups excluding carboxylic acids is 1. The number of hydrogen-bond acceptors (Lipinski definition) is 4. The van der Waals surface area contributed by atoms with Gasteiger partial charge in [-0.25, -0.2) is 0 Å². The van der Waals surface area contributed by atoms with Gasteiger partial charge in [-0.05, 0) is 6.92 Å². The third-order valence-electron chi connectivity index (χ3n) is 1.94. The summed E-state index contributed by atoms with van der Waals surface area (Å²) in [6, 6.07) is 0. The van der Waals surface area contributed by atoms with Gasteiger partial charge in [0.15, 0.2) is 0 Å². The number of methoxy groups -OCH3 is 1. The molecule has 1 aliphatic heterocycles. The summed E-state index contributed by atoms with van der Waals surface area (Å²) in [7, 11) is 1.60. The summed E-state index contributed by atoms with van der Waals surface area (Å²) in [5, 5.41) is 0. The molecule has 0 bridgehead atoms. The third-order valence-corrected chi connectivity index (χ3v) is 1.94. The van der Waals surface area contributed by atoms with Crippen LogP contribution in [0.3, 0.4) is 0 Å². The van der Waals surface area contributed by atoms with Crippen LogP contribution in [-0.2, 0) is 19.0 Å². The lowest BCUT2D eigenvalue weighted by atomic mass is 10.2. The smallest absolute Gasteiger partial charge is 0.201 e. The fourth-order valence-corrected chi connectivity index (χ4v) is 1.10. The van der Waals surface area contributed by atoms with E-state index in [1.165, 1.54) is 0 Å². The van der Waals surface area contributed by atoms with Crippen LogP contribution >= 0.6 is 0 Å². The van der Waals surface area contributed by atoms with Crippen LogP contribution in [0.5, 0.6) is 0 Å². The molecule has 4 heteroatoms. The van der Waals surface area contributed by atoms with Crippen molar-refractivity contribution in [2.75, 3.05) is 20.3 Å². The molecule has 1 aliphatic rings. The number of carbonyl (C=O) groups is 1. The molecular formula is C8H14O4. The van der Waals surface area contributed by atoms with Crippen LogP contribution < -0.4 is 0 Å². The van der Waals surface area contributed by atoms with E-state index in [0.717, 1.165) is 6.29 Å². The van der Waals surface area contributed by atoms with E-state index < -0.39 is 5.79 Å². The highest BCUT2D eigenvalue weighted by Gasteiger charge is 2.54. The third kappa shape index (κ3) is 2.03. The van der Waals surface area contributed by atoms with Gasteiger partial charge in [-0.15, -0.1) is 0 Å². The van der Waals surface area contributed by atoms with Crippen molar-refractivity contribution in [2.45, 2.75) is 25.2 Å². The van der Waals surface area contributed by atoms with Crippen LogP contribution in [0, 0.1) is 0 Å². The maximum Gasteiger partial charge on any atom is 0.201 e. The molecule has 0 aromatic heterocycles. The van der Waals surface area contributed by atoms with Crippen LogP contribution in [0.15, 0.2) is 0 Å². The summed E-state index contributed by atoms with van der Waals surface area (Å²) in [5.74, 6) is -0.639.